The number of aromatic nitrogens is 2. The maximum atomic E-state index is 13.8. The Bertz CT molecular complexity index is 1440. The molecule has 0 fully saturated rings. The van der Waals surface area contributed by atoms with E-state index in [1.54, 1.807) is 7.11 Å². The third kappa shape index (κ3) is 4.76. The molecule has 3 aromatic carbocycles. The van der Waals surface area contributed by atoms with E-state index in [-0.39, 0.29) is 24.5 Å². The molecule has 2 atom stereocenters. The Kier molecular flexibility index (Phi) is 7.17. The van der Waals surface area contributed by atoms with Crippen molar-refractivity contribution >= 4 is 23.2 Å². The molecular formula is C31H32ClN3O3. The molecule has 0 radical (unpaired) electrons. The molecule has 1 aliphatic heterocycles. The van der Waals surface area contributed by atoms with Crippen LogP contribution in [0.2, 0.25) is 5.02 Å². The van der Waals surface area contributed by atoms with Crippen molar-refractivity contribution in [2.45, 2.75) is 52.7 Å². The van der Waals surface area contributed by atoms with Crippen molar-refractivity contribution in [2.24, 2.45) is 0 Å². The molecule has 6 nitrogen and oxygen atoms in total. The Labute approximate surface area is 228 Å². The van der Waals surface area contributed by atoms with Crippen LogP contribution in [0.4, 0.5) is 5.69 Å². The average Bonchev–Trinajstić information content (AvgIpc) is 3.26. The van der Waals surface area contributed by atoms with Gasteiger partial charge in [-0.3, -0.25) is 9.89 Å². The molecule has 1 amide bonds. The number of nitrogens with zero attached hydrogens (tertiary/aromatic N) is 2. The molecule has 0 spiro atoms. The predicted molar refractivity (Wildman–Crippen MR) is 151 cm³/mol. The van der Waals surface area contributed by atoms with Crippen molar-refractivity contribution < 1.29 is 14.3 Å². The summed E-state index contributed by atoms with van der Waals surface area (Å²) in [6.07, 6.45) is 1.16. The van der Waals surface area contributed by atoms with Gasteiger partial charge in [0.1, 0.15) is 0 Å². The molecule has 0 saturated heterocycles. The van der Waals surface area contributed by atoms with Crippen LogP contribution in [0.25, 0.3) is 11.1 Å². The molecule has 2 heterocycles. The van der Waals surface area contributed by atoms with Gasteiger partial charge in [0.15, 0.2) is 11.5 Å². The lowest BCUT2D eigenvalue weighted by Gasteiger charge is -2.38. The smallest absolute Gasteiger partial charge is 0.232 e. The van der Waals surface area contributed by atoms with Crippen molar-refractivity contribution in [3.8, 4) is 22.6 Å². The standard InChI is InChI=1S/C31H32ClN3O3/c1-6-18(2)38-28-17-26-23(15-27(28)37-5)16-29(36)35(31(26)22-7-11-24(32)12-8-22)25-13-9-21(10-14-25)30-19(3)33-34-20(30)4/h7-15,17-18,31H,6,16H2,1-5H3,(H,33,34)/t18-,31?/m1/s1/i5+2. The molecule has 196 valence electrons. The third-order valence-corrected chi connectivity index (χ3v) is 7.49. The fourth-order valence-corrected chi connectivity index (χ4v) is 5.27. The average molecular weight is 532 g/mol. The van der Waals surface area contributed by atoms with E-state index < -0.39 is 0 Å². The number of anilines is 1. The summed E-state index contributed by atoms with van der Waals surface area (Å²) in [5, 5.41) is 8.02. The first-order chi connectivity index (χ1) is 18.3. The van der Waals surface area contributed by atoms with Gasteiger partial charge < -0.3 is 14.4 Å². The fraction of sp³-hybridized carbons (Fsp3) is 0.290. The highest BCUT2D eigenvalue weighted by Crippen LogP contribution is 2.44. The summed E-state index contributed by atoms with van der Waals surface area (Å²) >= 11 is 6.24. The number of aromatic amines is 1. The lowest BCUT2D eigenvalue weighted by Crippen LogP contribution is -2.41. The number of hydrogen-bond donors (Lipinski definition) is 1. The van der Waals surface area contributed by atoms with Crippen LogP contribution >= 0.6 is 11.6 Å². The molecule has 1 unspecified atom stereocenters. The number of H-pyrrole nitrogens is 1. The third-order valence-electron chi connectivity index (χ3n) is 7.24. The van der Waals surface area contributed by atoms with Gasteiger partial charge in [-0.2, -0.15) is 5.10 Å². The van der Waals surface area contributed by atoms with E-state index in [4.69, 9.17) is 21.1 Å². The van der Waals surface area contributed by atoms with E-state index in [1.165, 1.54) is 0 Å². The normalized spacial score (nSPS) is 15.8. The highest BCUT2D eigenvalue weighted by atomic mass is 35.5. The summed E-state index contributed by atoms with van der Waals surface area (Å²) in [5.41, 5.74) is 7.83. The number of nitrogens with one attached hydrogen (secondary N) is 1. The summed E-state index contributed by atoms with van der Waals surface area (Å²) < 4.78 is 11.9. The van der Waals surface area contributed by atoms with Crippen LogP contribution in [0.3, 0.4) is 0 Å². The first kappa shape index (κ1) is 25.9. The fourth-order valence-electron chi connectivity index (χ4n) is 5.14. The van der Waals surface area contributed by atoms with Crippen molar-refractivity contribution in [1.29, 1.82) is 0 Å². The zero-order valence-electron chi connectivity index (χ0n) is 22.3. The number of carbonyl (C=O) groups excluding carboxylic acids is 1. The van der Waals surface area contributed by atoms with E-state index in [1.807, 2.05) is 86.3 Å². The molecule has 4 aromatic rings. The summed E-state index contributed by atoms with van der Waals surface area (Å²) in [6.45, 7) is 8.12. The quantitative estimate of drug-likeness (QED) is 0.273. The molecule has 1 N–H and O–H groups in total. The summed E-state index contributed by atoms with van der Waals surface area (Å²) in [7, 11) is 1.63. The number of rotatable bonds is 7. The van der Waals surface area contributed by atoms with Crippen LogP contribution in [0.5, 0.6) is 11.5 Å². The summed E-state index contributed by atoms with van der Waals surface area (Å²) in [6, 6.07) is 19.4. The number of aryl methyl sites for hydroxylation is 2. The number of carbonyl (C=O) groups is 1. The number of ether oxygens (including phenoxy) is 2. The minimum atomic E-state index is -0.350. The van der Waals surface area contributed by atoms with Crippen molar-refractivity contribution in [3.05, 3.63) is 93.8 Å². The van der Waals surface area contributed by atoms with Crippen LogP contribution < -0.4 is 14.4 Å². The van der Waals surface area contributed by atoms with Gasteiger partial charge in [-0.25, -0.2) is 0 Å². The second kappa shape index (κ2) is 10.5. The Morgan fingerprint density at radius 2 is 1.82 bits per heavy atom. The maximum absolute atomic E-state index is 13.8. The van der Waals surface area contributed by atoms with Gasteiger partial charge in [0.25, 0.3) is 0 Å². The van der Waals surface area contributed by atoms with Crippen LogP contribution in [0.1, 0.15) is 54.4 Å². The number of hydrogen-bond acceptors (Lipinski definition) is 4. The van der Waals surface area contributed by atoms with Gasteiger partial charge in [-0.1, -0.05) is 42.8 Å². The van der Waals surface area contributed by atoms with Gasteiger partial charge in [-0.15, -0.1) is 0 Å². The molecular weight excluding hydrogens is 500 g/mol. The zero-order valence-corrected chi connectivity index (χ0v) is 23.1. The molecule has 7 heteroatoms. The van der Waals surface area contributed by atoms with Gasteiger partial charge in [-0.05, 0) is 85.8 Å². The first-order valence-electron chi connectivity index (χ1n) is 12.9. The Morgan fingerprint density at radius 3 is 2.42 bits per heavy atom. The van der Waals surface area contributed by atoms with Crippen LogP contribution in [0, 0.1) is 13.8 Å². The van der Waals surface area contributed by atoms with E-state index >= 15 is 0 Å². The monoisotopic (exact) mass is 531 g/mol. The highest BCUT2D eigenvalue weighted by Gasteiger charge is 2.36. The molecule has 38 heavy (non-hydrogen) atoms. The van der Waals surface area contributed by atoms with Crippen LogP contribution in [-0.4, -0.2) is 29.3 Å². The summed E-state index contributed by atoms with van der Waals surface area (Å²) in [5.74, 6) is 1.32. The van der Waals surface area contributed by atoms with Gasteiger partial charge >= 0.3 is 0 Å². The Hall–Kier alpha value is -3.77. The maximum Gasteiger partial charge on any atom is 0.232 e. The van der Waals surface area contributed by atoms with E-state index in [0.717, 1.165) is 51.3 Å². The lowest BCUT2D eigenvalue weighted by molar-refractivity contribution is -0.118. The first-order valence-corrected chi connectivity index (χ1v) is 13.3. The van der Waals surface area contributed by atoms with Crippen LogP contribution in [0.15, 0.2) is 60.7 Å². The van der Waals surface area contributed by atoms with Crippen molar-refractivity contribution in [3.63, 3.8) is 0 Å². The highest BCUT2D eigenvalue weighted by molar-refractivity contribution is 6.30. The largest absolute Gasteiger partial charge is 0.493 e. The number of benzene rings is 3. The molecule has 0 aliphatic carbocycles. The topological polar surface area (TPSA) is 67.5 Å². The van der Waals surface area contributed by atoms with E-state index in [9.17, 15) is 4.79 Å². The van der Waals surface area contributed by atoms with Gasteiger partial charge in [0.2, 0.25) is 5.91 Å². The minimum absolute atomic E-state index is 0.0125. The predicted octanol–water partition coefficient (Wildman–Crippen LogP) is 7.21. The molecule has 1 aromatic heterocycles. The summed E-state index contributed by atoms with van der Waals surface area (Å²) in [4.78, 5) is 15.6. The number of halogens is 1. The second-order valence-corrected chi connectivity index (χ2v) is 10.2. The van der Waals surface area contributed by atoms with Crippen LogP contribution in [-0.2, 0) is 11.2 Å². The van der Waals surface area contributed by atoms with Gasteiger partial charge in [0, 0.05) is 22.0 Å². The Balaban J connectivity index is 1.64. The Morgan fingerprint density at radius 1 is 1.11 bits per heavy atom. The van der Waals surface area contributed by atoms with Gasteiger partial charge in [0.05, 0.1) is 31.4 Å². The van der Waals surface area contributed by atoms with Crippen molar-refractivity contribution in [2.75, 3.05) is 12.0 Å². The number of methoxy groups -OCH3 is 1. The second-order valence-electron chi connectivity index (χ2n) is 9.79. The molecule has 5 rings (SSSR count). The van der Waals surface area contributed by atoms with E-state index in [2.05, 4.69) is 17.1 Å². The molecule has 0 bridgehead atoms. The number of amides is 1. The van der Waals surface area contributed by atoms with E-state index in [0.29, 0.717) is 16.5 Å². The number of fused-ring (bicyclic) bond motifs is 1. The SMILES string of the molecule is CC[C@@H](C)Oc1cc2c(cc1O[14CH3])CC(=O)N(c1ccc(-c3c(C)n[nH]c3C)cc1)C2c1ccc(Cl)cc1. The lowest BCUT2D eigenvalue weighted by atomic mass is 9.86. The zero-order chi connectivity index (χ0) is 27.0. The molecule has 0 saturated carbocycles. The molecule has 1 aliphatic rings. The van der Waals surface area contributed by atoms with Crippen molar-refractivity contribution in [1.82, 2.24) is 10.2 Å². The minimum Gasteiger partial charge on any atom is -0.493 e.